The van der Waals surface area contributed by atoms with Gasteiger partial charge in [0.05, 0.1) is 17.0 Å². The summed E-state index contributed by atoms with van der Waals surface area (Å²) in [6.07, 6.45) is -3.33. The molecule has 0 unspecified atom stereocenters. The Morgan fingerprint density at radius 1 is 1.31 bits per heavy atom. The van der Waals surface area contributed by atoms with Gasteiger partial charge in [-0.05, 0) is 18.4 Å². The van der Waals surface area contributed by atoms with Crippen molar-refractivity contribution in [1.82, 2.24) is 0 Å². The van der Waals surface area contributed by atoms with Crippen LogP contribution in [-0.4, -0.2) is 7.85 Å². The van der Waals surface area contributed by atoms with E-state index in [9.17, 15) is 13.2 Å². The summed E-state index contributed by atoms with van der Waals surface area (Å²) in [5, 5.41) is 8.95. The van der Waals surface area contributed by atoms with Crippen molar-refractivity contribution in [3.63, 3.8) is 0 Å². The maximum absolute atomic E-state index is 12.8. The second kappa shape index (κ2) is 3.28. The molecule has 1 aliphatic rings. The molecule has 0 N–H and O–H groups in total. The smallest absolute Gasteiger partial charge is 0.197 e. The minimum absolute atomic E-state index is 0.133. The van der Waals surface area contributed by atoms with Crippen molar-refractivity contribution in [3.05, 3.63) is 29.3 Å². The van der Waals surface area contributed by atoms with E-state index in [0.717, 1.165) is 6.07 Å². The minimum atomic E-state index is -4.38. The molecule has 0 atom stereocenters. The van der Waals surface area contributed by atoms with Crippen LogP contribution in [0.3, 0.4) is 0 Å². The zero-order valence-electron chi connectivity index (χ0n) is 8.73. The van der Waals surface area contributed by atoms with Crippen LogP contribution in [0.2, 0.25) is 0 Å². The molecule has 1 saturated carbocycles. The third kappa shape index (κ3) is 1.69. The van der Waals surface area contributed by atoms with Crippen LogP contribution in [0.4, 0.5) is 13.2 Å². The molecule has 1 nitrogen and oxygen atoms in total. The van der Waals surface area contributed by atoms with E-state index in [-0.39, 0.29) is 5.56 Å². The Kier molecular flexibility index (Phi) is 2.27. The van der Waals surface area contributed by atoms with E-state index >= 15 is 0 Å². The van der Waals surface area contributed by atoms with Crippen LogP contribution in [0.1, 0.15) is 24.0 Å². The highest BCUT2D eigenvalue weighted by molar-refractivity contribution is 6.32. The third-order valence-electron chi connectivity index (χ3n) is 2.96. The molecule has 1 fully saturated rings. The Morgan fingerprint density at radius 2 is 1.94 bits per heavy atom. The van der Waals surface area contributed by atoms with Gasteiger partial charge in [-0.3, -0.25) is 0 Å². The zero-order valence-corrected chi connectivity index (χ0v) is 8.73. The number of nitrogens with zero attached hydrogens (tertiary/aromatic N) is 1. The number of benzene rings is 1. The second-order valence-corrected chi connectivity index (χ2v) is 4.24. The Hall–Kier alpha value is -1.44. The summed E-state index contributed by atoms with van der Waals surface area (Å²) in [4.78, 5) is 0. The molecule has 0 amide bonds. The molecule has 0 saturated heterocycles. The fourth-order valence-corrected chi connectivity index (χ4v) is 1.88. The van der Waals surface area contributed by atoms with Gasteiger partial charge < -0.3 is 0 Å². The van der Waals surface area contributed by atoms with E-state index in [1.54, 1.807) is 13.9 Å². The quantitative estimate of drug-likeness (QED) is 0.662. The summed E-state index contributed by atoms with van der Waals surface area (Å²) in [5.41, 5.74) is -0.858. The normalized spacial score (nSPS) is 17.9. The first-order valence-corrected chi connectivity index (χ1v) is 4.99. The standard InChI is InChI=1S/C11H9BF3N/c12-7-1-2-8(10(6-16)3-4-10)9(5-7)11(13,14)15/h1-2,5H,3-4,12H2. The lowest BCUT2D eigenvalue weighted by Crippen LogP contribution is -2.18. The molecule has 16 heavy (non-hydrogen) atoms. The second-order valence-electron chi connectivity index (χ2n) is 4.24. The van der Waals surface area contributed by atoms with Crippen LogP contribution in [0, 0.1) is 11.3 Å². The fourth-order valence-electron chi connectivity index (χ4n) is 1.88. The van der Waals surface area contributed by atoms with E-state index < -0.39 is 17.2 Å². The van der Waals surface area contributed by atoms with Crippen molar-refractivity contribution in [2.75, 3.05) is 0 Å². The highest BCUT2D eigenvalue weighted by Gasteiger charge is 2.49. The van der Waals surface area contributed by atoms with E-state index in [0.29, 0.717) is 18.3 Å². The van der Waals surface area contributed by atoms with Gasteiger partial charge in [-0.2, -0.15) is 18.4 Å². The van der Waals surface area contributed by atoms with Gasteiger partial charge in [0.25, 0.3) is 0 Å². The molecular formula is C11H9BF3N. The van der Waals surface area contributed by atoms with Gasteiger partial charge in [-0.15, -0.1) is 0 Å². The lowest BCUT2D eigenvalue weighted by atomic mass is 9.86. The lowest BCUT2D eigenvalue weighted by Gasteiger charge is -2.16. The molecule has 1 aliphatic carbocycles. The summed E-state index contributed by atoms with van der Waals surface area (Å²) in [6, 6.07) is 6.18. The average molecular weight is 223 g/mol. The largest absolute Gasteiger partial charge is 0.416 e. The number of hydrogen-bond acceptors (Lipinski definition) is 1. The highest BCUT2D eigenvalue weighted by Crippen LogP contribution is 2.51. The van der Waals surface area contributed by atoms with E-state index in [1.807, 2.05) is 6.07 Å². The number of nitriles is 1. The molecule has 1 aromatic rings. The molecule has 0 aromatic heterocycles. The Labute approximate surface area is 92.3 Å². The van der Waals surface area contributed by atoms with Gasteiger partial charge in [0.1, 0.15) is 7.85 Å². The maximum Gasteiger partial charge on any atom is 0.416 e. The number of rotatable bonds is 1. The Morgan fingerprint density at radius 3 is 2.38 bits per heavy atom. The number of hydrogen-bond donors (Lipinski definition) is 0. The first-order valence-electron chi connectivity index (χ1n) is 4.99. The van der Waals surface area contributed by atoms with E-state index in [2.05, 4.69) is 0 Å². The Balaban J connectivity index is 2.59. The van der Waals surface area contributed by atoms with Crippen LogP contribution >= 0.6 is 0 Å². The molecule has 0 heterocycles. The van der Waals surface area contributed by atoms with Crippen LogP contribution in [0.15, 0.2) is 18.2 Å². The summed E-state index contributed by atoms with van der Waals surface area (Å²) in [7, 11) is 1.62. The molecule has 0 radical (unpaired) electrons. The van der Waals surface area contributed by atoms with Gasteiger partial charge in [0, 0.05) is 0 Å². The fraction of sp³-hybridized carbons (Fsp3) is 0.364. The van der Waals surface area contributed by atoms with Crippen molar-refractivity contribution >= 4 is 13.3 Å². The van der Waals surface area contributed by atoms with Gasteiger partial charge in [0.2, 0.25) is 0 Å². The summed E-state index contributed by atoms with van der Waals surface area (Å²) in [6.45, 7) is 0. The van der Waals surface area contributed by atoms with Crippen LogP contribution < -0.4 is 5.46 Å². The molecule has 82 valence electrons. The molecule has 5 heteroatoms. The molecular weight excluding hydrogens is 214 g/mol. The third-order valence-corrected chi connectivity index (χ3v) is 2.96. The zero-order chi connectivity index (χ0) is 12.0. The average Bonchev–Trinajstić information content (AvgIpc) is 2.97. The molecule has 1 aromatic carbocycles. The first-order chi connectivity index (χ1) is 7.39. The molecule has 0 aliphatic heterocycles. The predicted octanol–water partition coefficient (Wildman–Crippen LogP) is 1.52. The van der Waals surface area contributed by atoms with E-state index in [1.165, 1.54) is 6.07 Å². The van der Waals surface area contributed by atoms with Crippen molar-refractivity contribution in [1.29, 1.82) is 5.26 Å². The lowest BCUT2D eigenvalue weighted by molar-refractivity contribution is -0.138. The maximum atomic E-state index is 12.8. The molecule has 0 spiro atoms. The van der Waals surface area contributed by atoms with Crippen LogP contribution in [0.25, 0.3) is 0 Å². The minimum Gasteiger partial charge on any atom is -0.197 e. The summed E-state index contributed by atoms with van der Waals surface area (Å²) >= 11 is 0. The Bertz CT molecular complexity index is 469. The van der Waals surface area contributed by atoms with E-state index in [4.69, 9.17) is 5.26 Å². The van der Waals surface area contributed by atoms with Crippen molar-refractivity contribution in [2.24, 2.45) is 0 Å². The molecule has 0 bridgehead atoms. The van der Waals surface area contributed by atoms with Crippen molar-refractivity contribution < 1.29 is 13.2 Å². The van der Waals surface area contributed by atoms with Gasteiger partial charge >= 0.3 is 6.18 Å². The number of alkyl halides is 3. The van der Waals surface area contributed by atoms with Gasteiger partial charge in [-0.25, -0.2) is 0 Å². The van der Waals surface area contributed by atoms with Gasteiger partial charge in [0.15, 0.2) is 0 Å². The predicted molar refractivity (Wildman–Crippen MR) is 56.1 cm³/mol. The highest BCUT2D eigenvalue weighted by atomic mass is 19.4. The first kappa shape index (κ1) is 11.1. The molecule has 2 rings (SSSR count). The van der Waals surface area contributed by atoms with Crippen LogP contribution in [0.5, 0.6) is 0 Å². The SMILES string of the molecule is Bc1ccc(C2(C#N)CC2)c(C(F)(F)F)c1. The summed E-state index contributed by atoms with van der Waals surface area (Å²) < 4.78 is 38.4. The van der Waals surface area contributed by atoms with Crippen LogP contribution in [-0.2, 0) is 11.6 Å². The van der Waals surface area contributed by atoms with Crippen molar-refractivity contribution in [3.8, 4) is 6.07 Å². The van der Waals surface area contributed by atoms with Gasteiger partial charge in [-0.1, -0.05) is 23.7 Å². The monoisotopic (exact) mass is 223 g/mol. The number of halogens is 3. The van der Waals surface area contributed by atoms with Crippen molar-refractivity contribution in [2.45, 2.75) is 24.4 Å². The summed E-state index contributed by atoms with van der Waals surface area (Å²) in [5.74, 6) is 0. The topological polar surface area (TPSA) is 23.8 Å².